The second-order valence-corrected chi connectivity index (χ2v) is 5.19. The Balaban J connectivity index is 2.15. The first-order valence-corrected chi connectivity index (χ1v) is 6.79. The van der Waals surface area contributed by atoms with Gasteiger partial charge in [-0.3, -0.25) is 0 Å². The van der Waals surface area contributed by atoms with Crippen LogP contribution in [0, 0.1) is 12.7 Å². The molecule has 0 aromatic heterocycles. The molecule has 0 unspecified atom stereocenters. The first-order chi connectivity index (χ1) is 9.58. The summed E-state index contributed by atoms with van der Waals surface area (Å²) in [5, 5.41) is 3.05. The topological polar surface area (TPSA) is 15.3 Å². The number of rotatable bonds is 5. The van der Waals surface area contributed by atoms with Crippen molar-refractivity contribution >= 4 is 5.69 Å². The van der Waals surface area contributed by atoms with Gasteiger partial charge >= 0.3 is 0 Å². The van der Waals surface area contributed by atoms with Crippen LogP contribution in [0.4, 0.5) is 10.1 Å². The molecule has 2 nitrogen and oxygen atoms in total. The fraction of sp³-hybridized carbons (Fsp3) is 0.294. The quantitative estimate of drug-likeness (QED) is 0.896. The van der Waals surface area contributed by atoms with E-state index in [0.29, 0.717) is 6.54 Å². The molecular weight excluding hydrogens is 251 g/mol. The minimum atomic E-state index is -0.191. The summed E-state index contributed by atoms with van der Waals surface area (Å²) in [4.78, 5) is 2.06. The SMILES string of the molecule is CNCc1cc(F)cc(N(C)Cc2ccc(C)cc2)c1. The average Bonchev–Trinajstić information content (AvgIpc) is 2.41. The number of hydrogen-bond donors (Lipinski definition) is 1. The molecule has 2 aromatic carbocycles. The fourth-order valence-electron chi connectivity index (χ4n) is 2.22. The molecule has 0 spiro atoms. The third-order valence-electron chi connectivity index (χ3n) is 3.30. The maximum Gasteiger partial charge on any atom is 0.125 e. The van der Waals surface area contributed by atoms with Gasteiger partial charge in [-0.2, -0.15) is 0 Å². The lowest BCUT2D eigenvalue weighted by molar-refractivity contribution is 0.623. The lowest BCUT2D eigenvalue weighted by atomic mass is 10.1. The van der Waals surface area contributed by atoms with Crippen molar-refractivity contribution in [3.8, 4) is 0 Å². The highest BCUT2D eigenvalue weighted by molar-refractivity contribution is 5.49. The lowest BCUT2D eigenvalue weighted by Gasteiger charge is -2.20. The van der Waals surface area contributed by atoms with E-state index < -0.39 is 0 Å². The van der Waals surface area contributed by atoms with Gasteiger partial charge in [0.2, 0.25) is 0 Å². The third kappa shape index (κ3) is 3.81. The van der Waals surface area contributed by atoms with Crippen molar-refractivity contribution in [2.75, 3.05) is 19.0 Å². The Hall–Kier alpha value is -1.87. The molecule has 0 amide bonds. The van der Waals surface area contributed by atoms with Crippen LogP contribution in [0.3, 0.4) is 0 Å². The van der Waals surface area contributed by atoms with Crippen LogP contribution >= 0.6 is 0 Å². The molecule has 2 aromatic rings. The van der Waals surface area contributed by atoms with Crippen molar-refractivity contribution in [2.24, 2.45) is 0 Å². The smallest absolute Gasteiger partial charge is 0.125 e. The van der Waals surface area contributed by atoms with Crippen LogP contribution in [0.15, 0.2) is 42.5 Å². The predicted molar refractivity (Wildman–Crippen MR) is 82.4 cm³/mol. The molecule has 0 heterocycles. The summed E-state index contributed by atoms with van der Waals surface area (Å²) < 4.78 is 13.6. The summed E-state index contributed by atoms with van der Waals surface area (Å²) in [6.45, 7) is 3.51. The van der Waals surface area contributed by atoms with Crippen LogP contribution in [0.25, 0.3) is 0 Å². The van der Waals surface area contributed by atoms with Crippen molar-refractivity contribution in [3.63, 3.8) is 0 Å². The van der Waals surface area contributed by atoms with E-state index in [4.69, 9.17) is 0 Å². The molecule has 0 saturated heterocycles. The van der Waals surface area contributed by atoms with E-state index >= 15 is 0 Å². The molecule has 0 bridgehead atoms. The zero-order valence-electron chi connectivity index (χ0n) is 12.3. The minimum absolute atomic E-state index is 0.191. The Morgan fingerprint density at radius 3 is 2.40 bits per heavy atom. The first-order valence-electron chi connectivity index (χ1n) is 6.79. The van der Waals surface area contributed by atoms with Crippen molar-refractivity contribution < 1.29 is 4.39 Å². The Morgan fingerprint density at radius 1 is 1.05 bits per heavy atom. The zero-order valence-corrected chi connectivity index (χ0v) is 12.3. The molecule has 0 atom stereocenters. The fourth-order valence-corrected chi connectivity index (χ4v) is 2.22. The molecule has 1 N–H and O–H groups in total. The van der Waals surface area contributed by atoms with Crippen molar-refractivity contribution in [1.82, 2.24) is 5.32 Å². The molecule has 0 aliphatic heterocycles. The summed E-state index contributed by atoms with van der Waals surface area (Å²) in [5.74, 6) is -0.191. The zero-order chi connectivity index (χ0) is 14.5. The number of nitrogens with zero attached hydrogens (tertiary/aromatic N) is 1. The molecule has 2 rings (SSSR count). The van der Waals surface area contributed by atoms with Gasteiger partial charge in [0.15, 0.2) is 0 Å². The molecular formula is C17H21FN2. The summed E-state index contributed by atoms with van der Waals surface area (Å²) in [6, 6.07) is 13.6. The first kappa shape index (κ1) is 14.5. The standard InChI is InChI=1S/C17H21FN2/c1-13-4-6-14(7-5-13)12-20(3)17-9-15(11-19-2)8-16(18)10-17/h4-10,19H,11-12H2,1-3H3. The normalized spacial score (nSPS) is 10.6. The van der Waals surface area contributed by atoms with Crippen LogP contribution in [-0.4, -0.2) is 14.1 Å². The number of aryl methyl sites for hydroxylation is 1. The van der Waals surface area contributed by atoms with E-state index in [9.17, 15) is 4.39 Å². The number of nitrogens with one attached hydrogen (secondary N) is 1. The van der Waals surface area contributed by atoms with Gasteiger partial charge in [-0.25, -0.2) is 4.39 Å². The summed E-state index contributed by atoms with van der Waals surface area (Å²) >= 11 is 0. The molecule has 0 aliphatic carbocycles. The van der Waals surface area contributed by atoms with Gasteiger partial charge in [0, 0.05) is 25.8 Å². The van der Waals surface area contributed by atoms with E-state index in [-0.39, 0.29) is 5.82 Å². The van der Waals surface area contributed by atoms with Gasteiger partial charge in [-0.1, -0.05) is 29.8 Å². The molecule has 3 heteroatoms. The van der Waals surface area contributed by atoms with E-state index in [1.165, 1.54) is 11.1 Å². The maximum absolute atomic E-state index is 13.6. The van der Waals surface area contributed by atoms with E-state index in [2.05, 4.69) is 41.4 Å². The highest BCUT2D eigenvalue weighted by Crippen LogP contribution is 2.19. The lowest BCUT2D eigenvalue weighted by Crippen LogP contribution is -2.17. The van der Waals surface area contributed by atoms with Gasteiger partial charge in [-0.05, 0) is 43.3 Å². The van der Waals surface area contributed by atoms with E-state index in [1.54, 1.807) is 12.1 Å². The van der Waals surface area contributed by atoms with Crippen molar-refractivity contribution in [1.29, 1.82) is 0 Å². The Morgan fingerprint density at radius 2 is 1.75 bits per heavy atom. The largest absolute Gasteiger partial charge is 0.370 e. The van der Waals surface area contributed by atoms with Gasteiger partial charge < -0.3 is 10.2 Å². The van der Waals surface area contributed by atoms with Crippen molar-refractivity contribution in [3.05, 3.63) is 65.0 Å². The Bertz CT molecular complexity index is 564. The molecule has 106 valence electrons. The second-order valence-electron chi connectivity index (χ2n) is 5.19. The molecule has 20 heavy (non-hydrogen) atoms. The number of hydrogen-bond acceptors (Lipinski definition) is 2. The van der Waals surface area contributed by atoms with Gasteiger partial charge in [-0.15, -0.1) is 0 Å². The second kappa shape index (κ2) is 6.53. The summed E-state index contributed by atoms with van der Waals surface area (Å²) in [6.07, 6.45) is 0. The van der Waals surface area contributed by atoms with E-state index in [0.717, 1.165) is 17.8 Å². The highest BCUT2D eigenvalue weighted by Gasteiger charge is 2.06. The van der Waals surface area contributed by atoms with Gasteiger partial charge in [0.05, 0.1) is 0 Å². The van der Waals surface area contributed by atoms with Crippen LogP contribution in [0.1, 0.15) is 16.7 Å². The minimum Gasteiger partial charge on any atom is -0.370 e. The molecule has 0 aliphatic rings. The van der Waals surface area contributed by atoms with Gasteiger partial charge in [0.1, 0.15) is 5.82 Å². The molecule has 0 saturated carbocycles. The van der Waals surface area contributed by atoms with Crippen LogP contribution < -0.4 is 10.2 Å². The third-order valence-corrected chi connectivity index (χ3v) is 3.30. The van der Waals surface area contributed by atoms with Crippen LogP contribution in [0.5, 0.6) is 0 Å². The number of anilines is 1. The van der Waals surface area contributed by atoms with Crippen LogP contribution in [0.2, 0.25) is 0 Å². The Labute approximate surface area is 120 Å². The Kier molecular flexibility index (Phi) is 4.74. The molecule has 0 fully saturated rings. The van der Waals surface area contributed by atoms with Crippen molar-refractivity contribution in [2.45, 2.75) is 20.0 Å². The summed E-state index contributed by atoms with van der Waals surface area (Å²) in [5.41, 5.74) is 4.32. The monoisotopic (exact) mass is 272 g/mol. The highest BCUT2D eigenvalue weighted by atomic mass is 19.1. The number of halogens is 1. The summed E-state index contributed by atoms with van der Waals surface area (Å²) in [7, 11) is 3.85. The predicted octanol–water partition coefficient (Wildman–Crippen LogP) is 3.49. The number of benzene rings is 2. The molecule has 0 radical (unpaired) electrons. The van der Waals surface area contributed by atoms with Crippen LogP contribution in [-0.2, 0) is 13.1 Å². The average molecular weight is 272 g/mol. The maximum atomic E-state index is 13.6. The van der Waals surface area contributed by atoms with E-state index in [1.807, 2.05) is 20.2 Å². The van der Waals surface area contributed by atoms with Gasteiger partial charge in [0.25, 0.3) is 0 Å².